The number of nitrogens with zero attached hydrogens (tertiary/aromatic N) is 2. The first-order valence-corrected chi connectivity index (χ1v) is 10.3. The molecule has 0 spiro atoms. The van der Waals surface area contributed by atoms with E-state index in [9.17, 15) is 9.59 Å². The van der Waals surface area contributed by atoms with Gasteiger partial charge >= 0.3 is 5.97 Å². The third-order valence-electron chi connectivity index (χ3n) is 4.70. The predicted molar refractivity (Wildman–Crippen MR) is 129 cm³/mol. The molecule has 1 aliphatic heterocycles. The van der Waals surface area contributed by atoms with E-state index in [2.05, 4.69) is 0 Å². The van der Waals surface area contributed by atoms with Gasteiger partial charge in [-0.15, -0.1) is 36.6 Å². The highest BCUT2D eigenvalue weighted by atomic mass is 35.5. The standard InChI is InChI=1S/C22H26N2O4S.2ClH/c1-15(25)28-20-21(16-9-11-17(27-4)12-10-16)29-19-8-6-5-7-18(19)24(22(20)26)14-13-23(2)3;;/h5-12,20-21H,13-14H2,1-4H3;2*1H/t20-,21+;;/m1../s1. The van der Waals surface area contributed by atoms with E-state index in [1.54, 1.807) is 23.8 Å². The number of thioether (sulfide) groups is 1. The van der Waals surface area contributed by atoms with E-state index >= 15 is 0 Å². The second-order valence-electron chi connectivity index (χ2n) is 7.10. The number of amides is 1. The Kier molecular flexibility index (Phi) is 10.7. The third kappa shape index (κ3) is 6.53. The van der Waals surface area contributed by atoms with Gasteiger partial charge in [0, 0.05) is 24.9 Å². The number of para-hydroxylation sites is 1. The molecule has 0 aromatic heterocycles. The number of esters is 1. The maximum Gasteiger partial charge on any atom is 0.303 e. The molecule has 0 radical (unpaired) electrons. The van der Waals surface area contributed by atoms with Crippen LogP contribution in [0.4, 0.5) is 5.69 Å². The Morgan fingerprint density at radius 2 is 1.74 bits per heavy atom. The van der Waals surface area contributed by atoms with E-state index in [1.807, 2.05) is 67.5 Å². The quantitative estimate of drug-likeness (QED) is 0.569. The van der Waals surface area contributed by atoms with E-state index in [4.69, 9.17) is 9.47 Å². The first-order valence-electron chi connectivity index (χ1n) is 9.43. The topological polar surface area (TPSA) is 59.1 Å². The molecule has 0 aliphatic carbocycles. The van der Waals surface area contributed by atoms with Gasteiger partial charge in [-0.3, -0.25) is 9.59 Å². The van der Waals surface area contributed by atoms with Crippen LogP contribution in [-0.4, -0.2) is 57.2 Å². The summed E-state index contributed by atoms with van der Waals surface area (Å²) < 4.78 is 10.8. The summed E-state index contributed by atoms with van der Waals surface area (Å²) >= 11 is 1.54. The van der Waals surface area contributed by atoms with Crippen LogP contribution in [-0.2, 0) is 14.3 Å². The lowest BCUT2D eigenvalue weighted by atomic mass is 10.1. The second-order valence-corrected chi connectivity index (χ2v) is 8.29. The molecule has 0 N–H and O–H groups in total. The fraction of sp³-hybridized carbons (Fsp3) is 0.364. The monoisotopic (exact) mass is 486 g/mol. The lowest BCUT2D eigenvalue weighted by Crippen LogP contribution is -2.45. The Labute approximate surface area is 200 Å². The van der Waals surface area contributed by atoms with Crippen LogP contribution in [0, 0.1) is 0 Å². The van der Waals surface area contributed by atoms with Crippen LogP contribution in [0.2, 0.25) is 0 Å². The van der Waals surface area contributed by atoms with Gasteiger partial charge in [0.2, 0.25) is 0 Å². The highest BCUT2D eigenvalue weighted by Crippen LogP contribution is 2.46. The maximum atomic E-state index is 13.6. The molecule has 1 heterocycles. The minimum atomic E-state index is -0.916. The van der Waals surface area contributed by atoms with Gasteiger partial charge in [0.05, 0.1) is 18.0 Å². The molecule has 1 amide bonds. The van der Waals surface area contributed by atoms with Gasteiger partial charge in [-0.1, -0.05) is 24.3 Å². The molecule has 0 saturated carbocycles. The molecule has 2 aromatic carbocycles. The molecule has 3 rings (SSSR count). The number of benzene rings is 2. The highest BCUT2D eigenvalue weighted by Gasteiger charge is 2.40. The van der Waals surface area contributed by atoms with Gasteiger partial charge in [0.1, 0.15) is 5.75 Å². The van der Waals surface area contributed by atoms with Crippen LogP contribution in [0.25, 0.3) is 0 Å². The number of carbonyl (C=O) groups excluding carboxylic acids is 2. The number of anilines is 1. The van der Waals surface area contributed by atoms with Crippen molar-refractivity contribution >= 4 is 54.1 Å². The fourth-order valence-electron chi connectivity index (χ4n) is 3.24. The molecule has 2 aromatic rings. The normalized spacial score (nSPS) is 17.7. The van der Waals surface area contributed by atoms with Gasteiger partial charge in [-0.25, -0.2) is 0 Å². The van der Waals surface area contributed by atoms with Crippen LogP contribution < -0.4 is 9.64 Å². The molecular formula is C22H28Cl2N2O4S. The van der Waals surface area contributed by atoms with Gasteiger partial charge in [-0.05, 0) is 43.9 Å². The molecule has 170 valence electrons. The van der Waals surface area contributed by atoms with Crippen molar-refractivity contribution in [1.82, 2.24) is 4.90 Å². The average molecular weight is 487 g/mol. The highest BCUT2D eigenvalue weighted by molar-refractivity contribution is 7.99. The molecule has 31 heavy (non-hydrogen) atoms. The summed E-state index contributed by atoms with van der Waals surface area (Å²) in [5.41, 5.74) is 1.75. The zero-order chi connectivity index (χ0) is 21.0. The van der Waals surface area contributed by atoms with Crippen molar-refractivity contribution in [2.45, 2.75) is 23.2 Å². The molecule has 0 saturated heterocycles. The molecule has 6 nitrogen and oxygen atoms in total. The predicted octanol–water partition coefficient (Wildman–Crippen LogP) is 4.21. The molecule has 9 heteroatoms. The summed E-state index contributed by atoms with van der Waals surface area (Å²) in [7, 11) is 5.54. The third-order valence-corrected chi connectivity index (χ3v) is 6.07. The number of likely N-dealkylation sites (N-methyl/N-ethyl adjacent to an activating group) is 1. The zero-order valence-electron chi connectivity index (χ0n) is 17.9. The Bertz CT molecular complexity index is 880. The number of fused-ring (bicyclic) bond motifs is 1. The summed E-state index contributed by atoms with van der Waals surface area (Å²) in [4.78, 5) is 30.2. The van der Waals surface area contributed by atoms with Crippen molar-refractivity contribution in [1.29, 1.82) is 0 Å². The average Bonchev–Trinajstić information content (AvgIpc) is 2.81. The summed E-state index contributed by atoms with van der Waals surface area (Å²) in [5, 5.41) is -0.359. The summed E-state index contributed by atoms with van der Waals surface area (Å²) in [6.07, 6.45) is -0.916. The SMILES string of the molecule is COc1ccc([C@@H]2Sc3ccccc3N(CCN(C)C)C(=O)[C@@H]2OC(C)=O)cc1.Cl.Cl. The largest absolute Gasteiger partial charge is 0.497 e. The number of rotatable bonds is 6. The maximum absolute atomic E-state index is 13.6. The van der Waals surface area contributed by atoms with Gasteiger partial charge in [0.15, 0.2) is 6.10 Å². The zero-order valence-corrected chi connectivity index (χ0v) is 20.4. The number of methoxy groups -OCH3 is 1. The van der Waals surface area contributed by atoms with E-state index in [0.717, 1.165) is 21.9 Å². The van der Waals surface area contributed by atoms with Gasteiger partial charge in [-0.2, -0.15) is 0 Å². The number of ether oxygens (including phenoxy) is 2. The van der Waals surface area contributed by atoms with Gasteiger partial charge in [0.25, 0.3) is 5.91 Å². The Morgan fingerprint density at radius 1 is 1.10 bits per heavy atom. The van der Waals surface area contributed by atoms with E-state index in [1.165, 1.54) is 6.92 Å². The van der Waals surface area contributed by atoms with Crippen LogP contribution in [0.1, 0.15) is 17.7 Å². The van der Waals surface area contributed by atoms with Crippen LogP contribution in [0.15, 0.2) is 53.4 Å². The number of hydrogen-bond donors (Lipinski definition) is 0. The molecule has 0 fully saturated rings. The summed E-state index contributed by atoms with van der Waals surface area (Å²) in [6.45, 7) is 2.55. The van der Waals surface area contributed by atoms with Gasteiger partial charge < -0.3 is 19.3 Å². The van der Waals surface area contributed by atoms with E-state index in [-0.39, 0.29) is 36.0 Å². The Hall–Kier alpha value is -1.93. The van der Waals surface area contributed by atoms with Crippen LogP contribution in [0.5, 0.6) is 5.75 Å². The molecule has 1 aliphatic rings. The van der Waals surface area contributed by atoms with Crippen molar-refractivity contribution < 1.29 is 19.1 Å². The Balaban J connectivity index is 0.00000240. The Morgan fingerprint density at radius 3 is 2.32 bits per heavy atom. The van der Waals surface area contributed by atoms with E-state index < -0.39 is 12.1 Å². The number of hydrogen-bond acceptors (Lipinski definition) is 6. The second kappa shape index (κ2) is 12.2. The van der Waals surface area contributed by atoms with Crippen molar-refractivity contribution in [2.24, 2.45) is 0 Å². The van der Waals surface area contributed by atoms with Crippen molar-refractivity contribution in [3.8, 4) is 5.75 Å². The van der Waals surface area contributed by atoms with Crippen LogP contribution in [0.3, 0.4) is 0 Å². The minimum Gasteiger partial charge on any atom is -0.497 e. The van der Waals surface area contributed by atoms with Crippen molar-refractivity contribution in [3.63, 3.8) is 0 Å². The smallest absolute Gasteiger partial charge is 0.303 e. The van der Waals surface area contributed by atoms with Crippen LogP contribution >= 0.6 is 36.6 Å². The summed E-state index contributed by atoms with van der Waals surface area (Å²) in [5.74, 6) is 0.0528. The lowest BCUT2D eigenvalue weighted by molar-refractivity contribution is -0.152. The van der Waals surface area contributed by atoms with Crippen molar-refractivity contribution in [2.75, 3.05) is 39.2 Å². The molecule has 2 atom stereocenters. The first-order chi connectivity index (χ1) is 13.9. The minimum absolute atomic E-state index is 0. The number of halogens is 2. The van der Waals surface area contributed by atoms with Crippen molar-refractivity contribution in [3.05, 3.63) is 54.1 Å². The lowest BCUT2D eigenvalue weighted by Gasteiger charge is -2.28. The first kappa shape index (κ1) is 27.1. The fourth-order valence-corrected chi connectivity index (χ4v) is 4.56. The summed E-state index contributed by atoms with van der Waals surface area (Å²) in [6, 6.07) is 15.4. The molecule has 0 unspecified atom stereocenters. The van der Waals surface area contributed by atoms with E-state index in [0.29, 0.717) is 13.1 Å². The number of carbonyl (C=O) groups is 2. The molecule has 0 bridgehead atoms. The molecular weight excluding hydrogens is 459 g/mol.